The minimum absolute atomic E-state index is 0.00214. The van der Waals surface area contributed by atoms with Crippen LogP contribution in [0.3, 0.4) is 0 Å². The van der Waals surface area contributed by atoms with Crippen LogP contribution < -0.4 is 15.4 Å². The summed E-state index contributed by atoms with van der Waals surface area (Å²) in [4.78, 5) is 43.2. The van der Waals surface area contributed by atoms with Crippen LogP contribution in [0.25, 0.3) is 0 Å². The van der Waals surface area contributed by atoms with E-state index in [9.17, 15) is 14.4 Å². The molecule has 142 valence electrons. The quantitative estimate of drug-likeness (QED) is 0.696. The van der Waals surface area contributed by atoms with E-state index in [-0.39, 0.29) is 12.2 Å². The third kappa shape index (κ3) is 6.07. The fourth-order valence-corrected chi connectivity index (χ4v) is 2.05. The second kappa shape index (κ2) is 9.27. The fourth-order valence-electron chi connectivity index (χ4n) is 2.05. The summed E-state index contributed by atoms with van der Waals surface area (Å²) in [6.07, 6.45) is 2.68. The third-order valence-electron chi connectivity index (χ3n) is 3.40. The minimum atomic E-state index is -0.772. The molecule has 0 saturated carbocycles. The van der Waals surface area contributed by atoms with Crippen LogP contribution in [0.15, 0.2) is 30.6 Å². The lowest BCUT2D eigenvalue weighted by Gasteiger charge is -2.11. The van der Waals surface area contributed by atoms with Crippen LogP contribution in [0.5, 0.6) is 5.75 Å². The van der Waals surface area contributed by atoms with Gasteiger partial charge in [0.2, 0.25) is 5.91 Å². The van der Waals surface area contributed by atoms with Gasteiger partial charge in [0.1, 0.15) is 5.75 Å². The highest BCUT2D eigenvalue weighted by atomic mass is 16.5. The number of aryl methyl sites for hydroxylation is 2. The largest absolute Gasteiger partial charge is 0.495 e. The standard InChI is InChI=1S/C18H20N4O5/c1-11-4-5-15(26-3)13(6-11)22-16(23)9-21-17(24)10-27-18(25)14-8-19-12(2)7-20-14/h4-8H,9-10H2,1-3H3,(H,21,24)(H,22,23). The second-order valence-electron chi connectivity index (χ2n) is 5.65. The summed E-state index contributed by atoms with van der Waals surface area (Å²) >= 11 is 0. The summed E-state index contributed by atoms with van der Waals surface area (Å²) in [6, 6.07) is 5.34. The molecule has 9 nitrogen and oxygen atoms in total. The molecule has 0 aliphatic rings. The van der Waals surface area contributed by atoms with Crippen LogP contribution in [-0.2, 0) is 14.3 Å². The smallest absolute Gasteiger partial charge is 0.359 e. The van der Waals surface area contributed by atoms with Crippen molar-refractivity contribution in [1.29, 1.82) is 0 Å². The number of carbonyl (C=O) groups is 3. The Morgan fingerprint density at radius 3 is 2.52 bits per heavy atom. The Labute approximate surface area is 156 Å². The summed E-state index contributed by atoms with van der Waals surface area (Å²) in [5.41, 5.74) is 2.10. The number of nitrogens with one attached hydrogen (secondary N) is 2. The molecule has 1 aromatic heterocycles. The summed E-state index contributed by atoms with van der Waals surface area (Å²) in [5, 5.41) is 5.01. The first kappa shape index (κ1) is 19.8. The lowest BCUT2D eigenvalue weighted by atomic mass is 10.2. The van der Waals surface area contributed by atoms with Gasteiger partial charge in [0.15, 0.2) is 12.3 Å². The van der Waals surface area contributed by atoms with E-state index in [4.69, 9.17) is 9.47 Å². The van der Waals surface area contributed by atoms with Gasteiger partial charge in [-0.2, -0.15) is 0 Å². The molecule has 27 heavy (non-hydrogen) atoms. The lowest BCUT2D eigenvalue weighted by Crippen LogP contribution is -2.35. The molecule has 0 aliphatic heterocycles. The van der Waals surface area contributed by atoms with Crippen LogP contribution in [0.4, 0.5) is 5.69 Å². The number of carbonyl (C=O) groups excluding carboxylic acids is 3. The summed E-state index contributed by atoms with van der Waals surface area (Å²) in [7, 11) is 1.49. The van der Waals surface area contributed by atoms with Crippen LogP contribution in [0.2, 0.25) is 0 Å². The number of anilines is 1. The van der Waals surface area contributed by atoms with Crippen LogP contribution in [0, 0.1) is 13.8 Å². The number of ether oxygens (including phenoxy) is 2. The predicted octanol–water partition coefficient (Wildman–Crippen LogP) is 1.01. The molecule has 0 atom stereocenters. The van der Waals surface area contributed by atoms with Gasteiger partial charge >= 0.3 is 5.97 Å². The number of esters is 1. The van der Waals surface area contributed by atoms with E-state index in [2.05, 4.69) is 20.6 Å². The van der Waals surface area contributed by atoms with E-state index >= 15 is 0 Å². The van der Waals surface area contributed by atoms with Gasteiger partial charge in [-0.25, -0.2) is 9.78 Å². The Bertz CT molecular complexity index is 836. The normalized spacial score (nSPS) is 10.0. The van der Waals surface area contributed by atoms with Crippen molar-refractivity contribution >= 4 is 23.5 Å². The van der Waals surface area contributed by atoms with Gasteiger partial charge in [0.05, 0.1) is 31.2 Å². The van der Waals surface area contributed by atoms with Crippen molar-refractivity contribution < 1.29 is 23.9 Å². The molecule has 2 N–H and O–H groups in total. The molecule has 0 aliphatic carbocycles. The molecule has 0 unspecified atom stereocenters. The van der Waals surface area contributed by atoms with E-state index < -0.39 is 24.4 Å². The van der Waals surface area contributed by atoms with Gasteiger partial charge < -0.3 is 20.1 Å². The number of hydrogen-bond donors (Lipinski definition) is 2. The molecule has 0 fully saturated rings. The zero-order valence-electron chi connectivity index (χ0n) is 15.2. The molecule has 2 rings (SSSR count). The Hall–Kier alpha value is -3.49. The van der Waals surface area contributed by atoms with Crippen molar-refractivity contribution in [3.63, 3.8) is 0 Å². The zero-order valence-corrected chi connectivity index (χ0v) is 15.2. The van der Waals surface area contributed by atoms with E-state index in [0.29, 0.717) is 17.1 Å². The average molecular weight is 372 g/mol. The molecule has 0 radical (unpaired) electrons. The molecule has 0 bridgehead atoms. The number of methoxy groups -OCH3 is 1. The molecule has 0 spiro atoms. The average Bonchev–Trinajstić information content (AvgIpc) is 2.65. The van der Waals surface area contributed by atoms with E-state index in [1.807, 2.05) is 13.0 Å². The number of nitrogens with zero attached hydrogens (tertiary/aromatic N) is 2. The molecular formula is C18H20N4O5. The first-order chi connectivity index (χ1) is 12.9. The SMILES string of the molecule is COc1ccc(C)cc1NC(=O)CNC(=O)COC(=O)c1cnc(C)cn1. The molecule has 2 aromatic rings. The molecule has 1 aromatic carbocycles. The van der Waals surface area contributed by atoms with Gasteiger partial charge in [0, 0.05) is 6.20 Å². The van der Waals surface area contributed by atoms with Crippen molar-refractivity contribution in [2.45, 2.75) is 13.8 Å². The highest BCUT2D eigenvalue weighted by molar-refractivity contribution is 5.96. The van der Waals surface area contributed by atoms with Gasteiger partial charge in [-0.05, 0) is 31.5 Å². The van der Waals surface area contributed by atoms with Crippen molar-refractivity contribution in [2.24, 2.45) is 0 Å². The number of aromatic nitrogens is 2. The van der Waals surface area contributed by atoms with Crippen molar-refractivity contribution in [1.82, 2.24) is 15.3 Å². The highest BCUT2D eigenvalue weighted by Crippen LogP contribution is 2.24. The van der Waals surface area contributed by atoms with Gasteiger partial charge in [-0.3, -0.25) is 14.6 Å². The van der Waals surface area contributed by atoms with E-state index in [1.54, 1.807) is 19.1 Å². The van der Waals surface area contributed by atoms with Crippen LogP contribution in [0.1, 0.15) is 21.7 Å². The number of rotatable bonds is 7. The Morgan fingerprint density at radius 1 is 1.07 bits per heavy atom. The molecule has 1 heterocycles. The Balaban J connectivity index is 1.78. The highest BCUT2D eigenvalue weighted by Gasteiger charge is 2.13. The summed E-state index contributed by atoms with van der Waals surface area (Å²) in [5.74, 6) is -1.32. The van der Waals surface area contributed by atoms with Gasteiger partial charge in [-0.15, -0.1) is 0 Å². The predicted molar refractivity (Wildman–Crippen MR) is 96.4 cm³/mol. The minimum Gasteiger partial charge on any atom is -0.495 e. The first-order valence-corrected chi connectivity index (χ1v) is 8.06. The number of hydrogen-bond acceptors (Lipinski definition) is 7. The van der Waals surface area contributed by atoms with Crippen LogP contribution in [-0.4, -0.2) is 48.0 Å². The third-order valence-corrected chi connectivity index (χ3v) is 3.40. The van der Waals surface area contributed by atoms with E-state index in [1.165, 1.54) is 19.5 Å². The fraction of sp³-hybridized carbons (Fsp3) is 0.278. The number of benzene rings is 1. The molecule has 2 amide bonds. The maximum Gasteiger partial charge on any atom is 0.359 e. The van der Waals surface area contributed by atoms with Crippen molar-refractivity contribution in [3.05, 3.63) is 47.5 Å². The molecule has 9 heteroatoms. The zero-order chi connectivity index (χ0) is 19.8. The maximum atomic E-state index is 12.0. The lowest BCUT2D eigenvalue weighted by molar-refractivity contribution is -0.126. The molecule has 0 saturated heterocycles. The first-order valence-electron chi connectivity index (χ1n) is 8.06. The Kier molecular flexibility index (Phi) is 6.81. The van der Waals surface area contributed by atoms with Crippen molar-refractivity contribution in [2.75, 3.05) is 25.6 Å². The van der Waals surface area contributed by atoms with Gasteiger partial charge in [-0.1, -0.05) is 6.07 Å². The monoisotopic (exact) mass is 372 g/mol. The summed E-state index contributed by atoms with van der Waals surface area (Å²) in [6.45, 7) is 2.80. The topological polar surface area (TPSA) is 120 Å². The maximum absolute atomic E-state index is 12.0. The van der Waals surface area contributed by atoms with Gasteiger partial charge in [0.25, 0.3) is 5.91 Å². The number of amides is 2. The second-order valence-corrected chi connectivity index (χ2v) is 5.65. The van der Waals surface area contributed by atoms with Crippen LogP contribution >= 0.6 is 0 Å². The van der Waals surface area contributed by atoms with E-state index in [0.717, 1.165) is 5.56 Å². The molecular weight excluding hydrogens is 352 g/mol. The summed E-state index contributed by atoms with van der Waals surface area (Å²) < 4.78 is 10.00. The Morgan fingerprint density at radius 2 is 1.85 bits per heavy atom. The van der Waals surface area contributed by atoms with Crippen molar-refractivity contribution in [3.8, 4) is 5.75 Å².